The zero-order chi connectivity index (χ0) is 13.1. The molecule has 1 aromatic carbocycles. The molecule has 0 saturated carbocycles. The van der Waals surface area contributed by atoms with Gasteiger partial charge in [-0.3, -0.25) is 4.90 Å². The molecule has 1 saturated heterocycles. The Morgan fingerprint density at radius 3 is 2.61 bits per heavy atom. The van der Waals surface area contributed by atoms with E-state index in [2.05, 4.69) is 36.9 Å². The van der Waals surface area contributed by atoms with E-state index in [-0.39, 0.29) is 0 Å². The fourth-order valence-electron chi connectivity index (χ4n) is 2.59. The summed E-state index contributed by atoms with van der Waals surface area (Å²) in [6.45, 7) is 6.57. The van der Waals surface area contributed by atoms with E-state index in [1.54, 1.807) is 0 Å². The van der Waals surface area contributed by atoms with Gasteiger partial charge in [0.15, 0.2) is 0 Å². The Bertz CT molecular complexity index is 432. The fraction of sp³-hybridized carbons (Fsp3) is 0.533. The molecule has 0 aromatic heterocycles. The molecule has 96 valence electrons. The lowest BCUT2D eigenvalue weighted by molar-refractivity contribution is 0.124. The third-order valence-corrected chi connectivity index (χ3v) is 4.07. The molecule has 3 nitrogen and oxygen atoms in total. The van der Waals surface area contributed by atoms with Gasteiger partial charge in [0, 0.05) is 25.2 Å². The summed E-state index contributed by atoms with van der Waals surface area (Å²) in [5, 5.41) is 8.81. The minimum atomic E-state index is 0.342. The van der Waals surface area contributed by atoms with Crippen molar-refractivity contribution in [3.8, 4) is 6.07 Å². The monoisotopic (exact) mass is 243 g/mol. The van der Waals surface area contributed by atoms with Crippen molar-refractivity contribution in [1.29, 1.82) is 5.26 Å². The lowest BCUT2D eigenvalue weighted by atomic mass is 9.92. The van der Waals surface area contributed by atoms with Crippen LogP contribution in [0, 0.1) is 17.2 Å². The van der Waals surface area contributed by atoms with Crippen molar-refractivity contribution in [2.24, 2.45) is 11.7 Å². The van der Waals surface area contributed by atoms with Crippen LogP contribution in [-0.4, -0.2) is 24.0 Å². The summed E-state index contributed by atoms with van der Waals surface area (Å²) in [6.07, 6.45) is 1.07. The number of rotatable bonds is 2. The van der Waals surface area contributed by atoms with Crippen molar-refractivity contribution in [3.05, 3.63) is 35.4 Å². The molecule has 1 fully saturated rings. The maximum absolute atomic E-state index is 8.81. The van der Waals surface area contributed by atoms with Crippen molar-refractivity contribution >= 4 is 0 Å². The van der Waals surface area contributed by atoms with Crippen LogP contribution in [0.15, 0.2) is 24.3 Å². The summed E-state index contributed by atoms with van der Waals surface area (Å²) in [4.78, 5) is 2.48. The van der Waals surface area contributed by atoms with Gasteiger partial charge in [-0.15, -0.1) is 0 Å². The molecule has 0 spiro atoms. The Hall–Kier alpha value is -1.37. The van der Waals surface area contributed by atoms with E-state index in [0.29, 0.717) is 18.0 Å². The Kier molecular flexibility index (Phi) is 4.00. The summed E-state index contributed by atoms with van der Waals surface area (Å²) < 4.78 is 0. The first-order chi connectivity index (χ1) is 8.61. The van der Waals surface area contributed by atoms with E-state index in [4.69, 9.17) is 11.0 Å². The summed E-state index contributed by atoms with van der Waals surface area (Å²) in [5.41, 5.74) is 8.05. The third kappa shape index (κ3) is 2.72. The lowest BCUT2D eigenvalue weighted by Gasteiger charge is -2.38. The highest BCUT2D eigenvalue weighted by molar-refractivity contribution is 5.32. The second-order valence-electron chi connectivity index (χ2n) is 5.33. The molecular weight excluding hydrogens is 222 g/mol. The van der Waals surface area contributed by atoms with Crippen molar-refractivity contribution in [3.63, 3.8) is 0 Å². The van der Waals surface area contributed by atoms with Gasteiger partial charge in [0.25, 0.3) is 0 Å². The van der Waals surface area contributed by atoms with Gasteiger partial charge in [-0.2, -0.15) is 5.26 Å². The largest absolute Gasteiger partial charge is 0.327 e. The number of hydrogen-bond donors (Lipinski definition) is 1. The van der Waals surface area contributed by atoms with E-state index >= 15 is 0 Å². The number of nitriles is 1. The first-order valence-electron chi connectivity index (χ1n) is 6.61. The molecule has 1 aliphatic heterocycles. The first kappa shape index (κ1) is 13.1. The van der Waals surface area contributed by atoms with Gasteiger partial charge in [-0.1, -0.05) is 19.1 Å². The van der Waals surface area contributed by atoms with Gasteiger partial charge >= 0.3 is 0 Å². The molecule has 0 aliphatic carbocycles. The molecule has 0 amide bonds. The summed E-state index contributed by atoms with van der Waals surface area (Å²) in [5.74, 6) is 0.555. The normalized spacial score (nSPS) is 26.6. The highest BCUT2D eigenvalue weighted by atomic mass is 15.2. The Morgan fingerprint density at radius 1 is 1.39 bits per heavy atom. The number of piperidine rings is 1. The van der Waals surface area contributed by atoms with Crippen LogP contribution in [0.5, 0.6) is 0 Å². The zero-order valence-corrected chi connectivity index (χ0v) is 11.1. The molecule has 2 N–H and O–H groups in total. The van der Waals surface area contributed by atoms with E-state index in [0.717, 1.165) is 25.1 Å². The van der Waals surface area contributed by atoms with Crippen molar-refractivity contribution in [2.75, 3.05) is 13.1 Å². The van der Waals surface area contributed by atoms with Crippen molar-refractivity contribution in [1.82, 2.24) is 4.90 Å². The molecule has 1 aliphatic rings. The van der Waals surface area contributed by atoms with Crippen LogP contribution in [0.4, 0.5) is 0 Å². The quantitative estimate of drug-likeness (QED) is 0.867. The van der Waals surface area contributed by atoms with Crippen LogP contribution in [0.3, 0.4) is 0 Å². The number of likely N-dealkylation sites (tertiary alicyclic amines) is 1. The number of nitrogens with zero attached hydrogens (tertiary/aromatic N) is 2. The van der Waals surface area contributed by atoms with Gasteiger partial charge in [0.2, 0.25) is 0 Å². The predicted molar refractivity (Wildman–Crippen MR) is 72.9 cm³/mol. The smallest absolute Gasteiger partial charge is 0.0991 e. The molecule has 18 heavy (non-hydrogen) atoms. The molecule has 2 rings (SSSR count). The van der Waals surface area contributed by atoms with E-state index in [1.807, 2.05) is 12.1 Å². The molecule has 1 heterocycles. The number of hydrogen-bond acceptors (Lipinski definition) is 3. The molecular formula is C15H21N3. The fourth-order valence-corrected chi connectivity index (χ4v) is 2.59. The SMILES string of the molecule is CC1CN(C(C)c2ccc(C#N)cc2)CCC1N. The lowest BCUT2D eigenvalue weighted by Crippen LogP contribution is -2.46. The topological polar surface area (TPSA) is 53.0 Å². The van der Waals surface area contributed by atoms with Gasteiger partial charge in [-0.25, -0.2) is 0 Å². The summed E-state index contributed by atoms with van der Waals surface area (Å²) in [7, 11) is 0. The molecule has 1 aromatic rings. The van der Waals surface area contributed by atoms with E-state index in [1.165, 1.54) is 5.56 Å². The van der Waals surface area contributed by atoms with Gasteiger partial charge in [0.1, 0.15) is 0 Å². The minimum absolute atomic E-state index is 0.342. The Labute approximate surface area is 109 Å². The van der Waals surface area contributed by atoms with Crippen molar-refractivity contribution in [2.45, 2.75) is 32.4 Å². The second kappa shape index (κ2) is 5.51. The molecule has 3 heteroatoms. The Morgan fingerprint density at radius 2 is 2.06 bits per heavy atom. The van der Waals surface area contributed by atoms with Crippen LogP contribution in [-0.2, 0) is 0 Å². The number of nitrogens with two attached hydrogens (primary N) is 1. The highest BCUT2D eigenvalue weighted by Crippen LogP contribution is 2.26. The molecule has 0 bridgehead atoms. The first-order valence-corrected chi connectivity index (χ1v) is 6.61. The van der Waals surface area contributed by atoms with Crippen LogP contribution in [0.2, 0.25) is 0 Å². The standard InChI is InChI=1S/C15H21N3/c1-11-10-18(8-7-15(11)17)12(2)14-5-3-13(9-16)4-6-14/h3-6,11-12,15H,7-8,10,17H2,1-2H3. The molecule has 3 unspecified atom stereocenters. The summed E-state index contributed by atoms with van der Waals surface area (Å²) in [6, 6.07) is 10.8. The Balaban J connectivity index is 2.06. The summed E-state index contributed by atoms with van der Waals surface area (Å²) >= 11 is 0. The minimum Gasteiger partial charge on any atom is -0.327 e. The highest BCUT2D eigenvalue weighted by Gasteiger charge is 2.26. The average Bonchev–Trinajstić information content (AvgIpc) is 2.41. The maximum atomic E-state index is 8.81. The van der Waals surface area contributed by atoms with Crippen LogP contribution < -0.4 is 5.73 Å². The molecule has 0 radical (unpaired) electrons. The average molecular weight is 243 g/mol. The third-order valence-electron chi connectivity index (χ3n) is 4.07. The maximum Gasteiger partial charge on any atom is 0.0991 e. The van der Waals surface area contributed by atoms with Crippen LogP contribution >= 0.6 is 0 Å². The van der Waals surface area contributed by atoms with Gasteiger partial charge < -0.3 is 5.73 Å². The number of benzene rings is 1. The zero-order valence-electron chi connectivity index (χ0n) is 11.1. The second-order valence-corrected chi connectivity index (χ2v) is 5.33. The van der Waals surface area contributed by atoms with Gasteiger partial charge in [0.05, 0.1) is 11.6 Å². The van der Waals surface area contributed by atoms with Crippen LogP contribution in [0.25, 0.3) is 0 Å². The predicted octanol–water partition coefficient (Wildman–Crippen LogP) is 2.29. The van der Waals surface area contributed by atoms with E-state index in [9.17, 15) is 0 Å². The van der Waals surface area contributed by atoms with E-state index < -0.39 is 0 Å². The van der Waals surface area contributed by atoms with Crippen LogP contribution in [0.1, 0.15) is 37.4 Å². The van der Waals surface area contributed by atoms with Gasteiger partial charge in [-0.05, 0) is 37.0 Å². The molecule has 3 atom stereocenters. The van der Waals surface area contributed by atoms with Crippen molar-refractivity contribution < 1.29 is 0 Å².